The van der Waals surface area contributed by atoms with Crippen LogP contribution in [0.2, 0.25) is 10.0 Å². The SMILES string of the molecule is O=C(Cc1c(Cl)cccc1Cl)c1ncc(Br)cc1Br. The molecule has 0 N–H and O–H groups in total. The lowest BCUT2D eigenvalue weighted by Gasteiger charge is -2.07. The van der Waals surface area contributed by atoms with Gasteiger partial charge in [0.2, 0.25) is 0 Å². The van der Waals surface area contributed by atoms with Gasteiger partial charge in [-0.25, -0.2) is 0 Å². The van der Waals surface area contributed by atoms with E-state index >= 15 is 0 Å². The normalized spacial score (nSPS) is 10.5. The van der Waals surface area contributed by atoms with Crippen molar-refractivity contribution in [2.24, 2.45) is 0 Å². The molecule has 0 amide bonds. The van der Waals surface area contributed by atoms with E-state index in [1.54, 1.807) is 30.5 Å². The smallest absolute Gasteiger partial charge is 0.186 e. The minimum atomic E-state index is -0.144. The number of benzene rings is 1. The monoisotopic (exact) mass is 421 g/mol. The first-order valence-electron chi connectivity index (χ1n) is 5.26. The zero-order valence-corrected chi connectivity index (χ0v) is 14.1. The van der Waals surface area contributed by atoms with Crippen LogP contribution in [0.1, 0.15) is 16.1 Å². The Morgan fingerprint density at radius 1 is 1.21 bits per heavy atom. The molecule has 0 saturated carbocycles. The molecule has 0 radical (unpaired) electrons. The van der Waals surface area contributed by atoms with Gasteiger partial charge in [-0.3, -0.25) is 9.78 Å². The molecule has 0 atom stereocenters. The molecule has 0 aliphatic carbocycles. The van der Waals surface area contributed by atoms with Gasteiger partial charge in [0.1, 0.15) is 5.69 Å². The van der Waals surface area contributed by atoms with Gasteiger partial charge in [0.25, 0.3) is 0 Å². The topological polar surface area (TPSA) is 30.0 Å². The van der Waals surface area contributed by atoms with Crippen molar-refractivity contribution >= 4 is 60.8 Å². The van der Waals surface area contributed by atoms with E-state index in [1.165, 1.54) is 0 Å². The molecule has 0 aliphatic heterocycles. The number of hydrogen-bond acceptors (Lipinski definition) is 2. The number of ketones is 1. The largest absolute Gasteiger partial charge is 0.292 e. The molecule has 1 aromatic carbocycles. The van der Waals surface area contributed by atoms with Crippen LogP contribution in [-0.2, 0) is 6.42 Å². The summed E-state index contributed by atoms with van der Waals surface area (Å²) in [5.41, 5.74) is 0.978. The first kappa shape index (κ1) is 15.0. The second-order valence-electron chi connectivity index (χ2n) is 3.78. The molecule has 98 valence electrons. The summed E-state index contributed by atoms with van der Waals surface area (Å²) in [6.07, 6.45) is 1.69. The van der Waals surface area contributed by atoms with Crippen molar-refractivity contribution in [3.8, 4) is 0 Å². The number of carbonyl (C=O) groups is 1. The lowest BCUT2D eigenvalue weighted by atomic mass is 10.1. The van der Waals surface area contributed by atoms with E-state index in [4.69, 9.17) is 23.2 Å². The summed E-state index contributed by atoms with van der Waals surface area (Å²) in [6.45, 7) is 0. The molecule has 2 rings (SSSR count). The van der Waals surface area contributed by atoms with E-state index in [-0.39, 0.29) is 12.2 Å². The third-order valence-corrected chi connectivity index (χ3v) is 4.22. The maximum Gasteiger partial charge on any atom is 0.186 e. The minimum absolute atomic E-state index is 0.117. The lowest BCUT2D eigenvalue weighted by Crippen LogP contribution is -2.07. The number of carbonyl (C=O) groups excluding carboxylic acids is 1. The third kappa shape index (κ3) is 3.57. The Morgan fingerprint density at radius 2 is 1.84 bits per heavy atom. The quantitative estimate of drug-likeness (QED) is 0.624. The van der Waals surface area contributed by atoms with Gasteiger partial charge in [-0.05, 0) is 55.6 Å². The molecule has 6 heteroatoms. The van der Waals surface area contributed by atoms with Gasteiger partial charge in [-0.1, -0.05) is 29.3 Å². The van der Waals surface area contributed by atoms with Crippen molar-refractivity contribution in [1.29, 1.82) is 0 Å². The molecule has 2 nitrogen and oxygen atoms in total. The molecule has 0 bridgehead atoms. The van der Waals surface area contributed by atoms with Gasteiger partial charge in [-0.2, -0.15) is 0 Å². The van der Waals surface area contributed by atoms with Crippen LogP contribution in [0.3, 0.4) is 0 Å². The number of nitrogens with zero attached hydrogens (tertiary/aromatic N) is 1. The number of Topliss-reactive ketones (excluding diaryl/α,β-unsaturated/α-hetero) is 1. The van der Waals surface area contributed by atoms with E-state index in [9.17, 15) is 4.79 Å². The van der Waals surface area contributed by atoms with Crippen molar-refractivity contribution in [3.63, 3.8) is 0 Å². The number of aromatic nitrogens is 1. The Balaban J connectivity index is 2.31. The fraction of sp³-hybridized carbons (Fsp3) is 0.0769. The average Bonchev–Trinajstić information content (AvgIpc) is 2.33. The number of rotatable bonds is 3. The van der Waals surface area contributed by atoms with Crippen molar-refractivity contribution in [1.82, 2.24) is 4.98 Å². The van der Waals surface area contributed by atoms with Crippen LogP contribution in [0.15, 0.2) is 39.4 Å². The molecule has 0 fully saturated rings. The van der Waals surface area contributed by atoms with Crippen LogP contribution >= 0.6 is 55.1 Å². The second kappa shape index (κ2) is 6.35. The predicted octanol–water partition coefficient (Wildman–Crippen LogP) is 5.34. The molecule has 0 saturated heterocycles. The van der Waals surface area contributed by atoms with E-state index in [2.05, 4.69) is 36.8 Å². The van der Waals surface area contributed by atoms with Crippen LogP contribution < -0.4 is 0 Å². The fourth-order valence-electron chi connectivity index (χ4n) is 1.57. The summed E-state index contributed by atoms with van der Waals surface area (Å²) in [4.78, 5) is 16.3. The first-order chi connectivity index (χ1) is 8.99. The summed E-state index contributed by atoms with van der Waals surface area (Å²) < 4.78 is 1.43. The highest BCUT2D eigenvalue weighted by atomic mass is 79.9. The predicted molar refractivity (Wildman–Crippen MR) is 84.1 cm³/mol. The summed E-state index contributed by atoms with van der Waals surface area (Å²) in [5.74, 6) is -0.144. The van der Waals surface area contributed by atoms with Crippen LogP contribution in [0.5, 0.6) is 0 Å². The first-order valence-corrected chi connectivity index (χ1v) is 7.60. The third-order valence-electron chi connectivity index (χ3n) is 2.47. The van der Waals surface area contributed by atoms with E-state index < -0.39 is 0 Å². The molecular formula is C13H7Br2Cl2NO. The zero-order chi connectivity index (χ0) is 14.0. The highest BCUT2D eigenvalue weighted by molar-refractivity contribution is 9.11. The molecule has 2 aromatic rings. The highest BCUT2D eigenvalue weighted by Crippen LogP contribution is 2.27. The molecule has 0 unspecified atom stereocenters. The average molecular weight is 424 g/mol. The standard InChI is InChI=1S/C13H7Br2Cl2NO/c14-7-4-9(15)13(18-6-7)12(19)5-8-10(16)2-1-3-11(8)17/h1-4,6H,5H2. The Hall–Kier alpha value is -0.420. The van der Waals surface area contributed by atoms with Gasteiger partial charge in [0.05, 0.1) is 0 Å². The number of hydrogen-bond donors (Lipinski definition) is 0. The molecule has 19 heavy (non-hydrogen) atoms. The van der Waals surface area contributed by atoms with Crippen molar-refractivity contribution < 1.29 is 4.79 Å². The van der Waals surface area contributed by atoms with E-state index in [0.29, 0.717) is 25.8 Å². The maximum atomic E-state index is 12.2. The number of pyridine rings is 1. The molecular weight excluding hydrogens is 417 g/mol. The summed E-state index contributed by atoms with van der Waals surface area (Å²) >= 11 is 18.7. The van der Waals surface area contributed by atoms with Gasteiger partial charge in [0, 0.05) is 31.6 Å². The lowest BCUT2D eigenvalue weighted by molar-refractivity contribution is 0.0987. The molecule has 1 aromatic heterocycles. The van der Waals surface area contributed by atoms with Gasteiger partial charge >= 0.3 is 0 Å². The van der Waals surface area contributed by atoms with Gasteiger partial charge < -0.3 is 0 Å². The Kier molecular flexibility index (Phi) is 5.01. The summed E-state index contributed by atoms with van der Waals surface area (Å²) in [7, 11) is 0. The van der Waals surface area contributed by atoms with Gasteiger partial charge in [0.15, 0.2) is 5.78 Å². The van der Waals surface area contributed by atoms with Crippen LogP contribution in [0.4, 0.5) is 0 Å². The van der Waals surface area contributed by atoms with Crippen molar-refractivity contribution in [3.05, 3.63) is 60.7 Å². The summed E-state index contributed by atoms with van der Waals surface area (Å²) in [6, 6.07) is 6.93. The number of halogens is 4. The van der Waals surface area contributed by atoms with Crippen LogP contribution in [0, 0.1) is 0 Å². The van der Waals surface area contributed by atoms with E-state index in [0.717, 1.165) is 4.47 Å². The zero-order valence-electron chi connectivity index (χ0n) is 9.46. The Morgan fingerprint density at radius 3 is 2.42 bits per heavy atom. The second-order valence-corrected chi connectivity index (χ2v) is 6.37. The molecule has 0 spiro atoms. The van der Waals surface area contributed by atoms with Crippen LogP contribution in [0.25, 0.3) is 0 Å². The molecule has 0 aliphatic rings. The Bertz CT molecular complexity index is 626. The fourth-order valence-corrected chi connectivity index (χ4v) is 3.30. The van der Waals surface area contributed by atoms with Crippen molar-refractivity contribution in [2.45, 2.75) is 6.42 Å². The van der Waals surface area contributed by atoms with Crippen LogP contribution in [-0.4, -0.2) is 10.8 Å². The van der Waals surface area contributed by atoms with E-state index in [1.807, 2.05) is 0 Å². The minimum Gasteiger partial charge on any atom is -0.292 e. The summed E-state index contributed by atoms with van der Waals surface area (Å²) in [5, 5.41) is 0.961. The highest BCUT2D eigenvalue weighted by Gasteiger charge is 2.16. The maximum absolute atomic E-state index is 12.2. The van der Waals surface area contributed by atoms with Gasteiger partial charge in [-0.15, -0.1) is 0 Å². The molecule has 1 heterocycles. The van der Waals surface area contributed by atoms with Crippen molar-refractivity contribution in [2.75, 3.05) is 0 Å². The Labute approximate surface area is 137 Å².